The number of allylic oxidation sites excluding steroid dienone is 2. The summed E-state index contributed by atoms with van der Waals surface area (Å²) in [5.74, 6) is -1.46. The quantitative estimate of drug-likeness (QED) is 0.611. The fraction of sp³-hybridized carbons (Fsp3) is 0.375. The van der Waals surface area contributed by atoms with Crippen LogP contribution in [-0.4, -0.2) is 28.7 Å². The Hall–Kier alpha value is -2.70. The summed E-state index contributed by atoms with van der Waals surface area (Å²) < 4.78 is 10.9. The largest absolute Gasteiger partial charge is 0.483 e. The number of ketones is 2. The van der Waals surface area contributed by atoms with Crippen molar-refractivity contribution in [3.63, 3.8) is 0 Å². The zero-order valence-electron chi connectivity index (χ0n) is 13.3. The number of fused-ring (bicyclic) bond motifs is 1. The number of ether oxygens (including phenoxy) is 2. The van der Waals surface area contributed by atoms with Gasteiger partial charge in [0.05, 0.1) is 17.1 Å². The van der Waals surface area contributed by atoms with Gasteiger partial charge >= 0.3 is 0 Å². The molecule has 122 valence electrons. The Morgan fingerprint density at radius 1 is 0.913 bits per heavy atom. The van der Waals surface area contributed by atoms with Crippen LogP contribution >= 0.6 is 0 Å². The molecule has 1 aliphatic carbocycles. The maximum atomic E-state index is 12.6. The molecule has 1 aliphatic rings. The highest BCUT2D eigenvalue weighted by molar-refractivity contribution is 6.25. The summed E-state index contributed by atoms with van der Waals surface area (Å²) in [6.07, 6.45) is -0.681. The molecule has 0 amide bonds. The first-order valence-corrected chi connectivity index (χ1v) is 7.17. The van der Waals surface area contributed by atoms with Gasteiger partial charge in [0.2, 0.25) is 23.1 Å². The van der Waals surface area contributed by atoms with E-state index in [1.165, 1.54) is 12.1 Å². The lowest BCUT2D eigenvalue weighted by Crippen LogP contribution is -2.27. The van der Waals surface area contributed by atoms with Crippen LogP contribution in [0.5, 0.6) is 0 Å². The summed E-state index contributed by atoms with van der Waals surface area (Å²) in [7, 11) is 0. The molecule has 0 radical (unpaired) electrons. The molecule has 2 rings (SSSR count). The summed E-state index contributed by atoms with van der Waals surface area (Å²) in [6, 6.07) is 3.54. The average molecular weight is 319 g/mol. The fourth-order valence-electron chi connectivity index (χ4n) is 2.17. The molecule has 0 unspecified atom stereocenters. The van der Waals surface area contributed by atoms with Crippen LogP contribution in [0.2, 0.25) is 0 Å². The topological polar surface area (TPSA) is 95.7 Å². The highest BCUT2D eigenvalue weighted by Crippen LogP contribution is 2.31. The standard InChI is InChI=1S/C16H17NO6/c1-8(2)22-15-13(18)11-6-5-10(17(20)21)7-12(11)14(19)16(15)23-9(3)4/h5-9H,1-4H3. The molecular formula is C16H17NO6. The molecule has 7 heteroatoms. The first-order chi connectivity index (χ1) is 10.7. The number of nitrogens with zero attached hydrogens (tertiary/aromatic N) is 1. The number of Topliss-reactive ketones (excluding diaryl/α,β-unsaturated/α-hetero) is 2. The van der Waals surface area contributed by atoms with Gasteiger partial charge in [-0.3, -0.25) is 19.7 Å². The van der Waals surface area contributed by atoms with Crippen molar-refractivity contribution in [2.45, 2.75) is 39.9 Å². The normalized spacial score (nSPS) is 14.3. The zero-order valence-corrected chi connectivity index (χ0v) is 13.3. The molecule has 0 aromatic heterocycles. The fourth-order valence-corrected chi connectivity index (χ4v) is 2.17. The van der Waals surface area contributed by atoms with E-state index >= 15 is 0 Å². The molecule has 0 heterocycles. The highest BCUT2D eigenvalue weighted by Gasteiger charge is 2.37. The summed E-state index contributed by atoms with van der Waals surface area (Å²) >= 11 is 0. The van der Waals surface area contributed by atoms with E-state index in [4.69, 9.17) is 9.47 Å². The maximum absolute atomic E-state index is 12.6. The van der Waals surface area contributed by atoms with Gasteiger partial charge in [-0.1, -0.05) is 0 Å². The number of carbonyl (C=O) groups is 2. The molecule has 0 spiro atoms. The third kappa shape index (κ3) is 3.23. The molecule has 1 aromatic carbocycles. The Balaban J connectivity index is 2.60. The van der Waals surface area contributed by atoms with Crippen molar-refractivity contribution in [2.75, 3.05) is 0 Å². The number of non-ortho nitro benzene ring substituents is 1. The van der Waals surface area contributed by atoms with Gasteiger partial charge in [0.15, 0.2) is 0 Å². The summed E-state index contributed by atoms with van der Waals surface area (Å²) in [5, 5.41) is 10.9. The SMILES string of the molecule is CC(C)OC1=C(OC(C)C)C(=O)c2cc([N+](=O)[O-])ccc2C1=O. The lowest BCUT2D eigenvalue weighted by Gasteiger charge is -2.23. The minimum atomic E-state index is -0.620. The number of rotatable bonds is 5. The van der Waals surface area contributed by atoms with E-state index in [1.807, 2.05) is 0 Å². The second kappa shape index (κ2) is 6.20. The molecule has 0 bridgehead atoms. The Morgan fingerprint density at radius 3 is 1.83 bits per heavy atom. The zero-order chi connectivity index (χ0) is 17.3. The third-order valence-electron chi connectivity index (χ3n) is 3.03. The summed E-state index contributed by atoms with van der Waals surface area (Å²) in [5.41, 5.74) is -0.231. The molecular weight excluding hydrogens is 302 g/mol. The second-order valence-electron chi connectivity index (χ2n) is 5.64. The van der Waals surface area contributed by atoms with Crippen LogP contribution in [0.15, 0.2) is 29.7 Å². The number of carbonyl (C=O) groups excluding carboxylic acids is 2. The van der Waals surface area contributed by atoms with Crippen molar-refractivity contribution in [2.24, 2.45) is 0 Å². The molecule has 0 atom stereocenters. The van der Waals surface area contributed by atoms with Crippen LogP contribution < -0.4 is 0 Å². The predicted octanol–water partition coefficient (Wildman–Crippen LogP) is 3.04. The molecule has 0 aliphatic heterocycles. The number of nitro benzene ring substituents is 1. The van der Waals surface area contributed by atoms with Crippen molar-refractivity contribution in [3.05, 3.63) is 51.0 Å². The lowest BCUT2D eigenvalue weighted by atomic mass is 9.91. The van der Waals surface area contributed by atoms with Crippen LogP contribution in [0.4, 0.5) is 5.69 Å². The van der Waals surface area contributed by atoms with Gasteiger partial charge < -0.3 is 9.47 Å². The van der Waals surface area contributed by atoms with Gasteiger partial charge in [-0.2, -0.15) is 0 Å². The van der Waals surface area contributed by atoms with E-state index in [9.17, 15) is 19.7 Å². The number of nitro groups is 1. The van der Waals surface area contributed by atoms with Gasteiger partial charge in [0, 0.05) is 23.3 Å². The van der Waals surface area contributed by atoms with Crippen molar-refractivity contribution in [3.8, 4) is 0 Å². The summed E-state index contributed by atoms with van der Waals surface area (Å²) in [6.45, 7) is 6.87. The monoisotopic (exact) mass is 319 g/mol. The van der Waals surface area contributed by atoms with Gasteiger partial charge in [0.1, 0.15) is 0 Å². The molecule has 7 nitrogen and oxygen atoms in total. The van der Waals surface area contributed by atoms with E-state index in [0.717, 1.165) is 6.07 Å². The lowest BCUT2D eigenvalue weighted by molar-refractivity contribution is -0.384. The van der Waals surface area contributed by atoms with E-state index in [1.54, 1.807) is 27.7 Å². The third-order valence-corrected chi connectivity index (χ3v) is 3.03. The smallest absolute Gasteiger partial charge is 0.270 e. The highest BCUT2D eigenvalue weighted by atomic mass is 16.6. The van der Waals surface area contributed by atoms with Gasteiger partial charge in [0.25, 0.3) is 5.69 Å². The van der Waals surface area contributed by atoms with Crippen LogP contribution in [0.3, 0.4) is 0 Å². The predicted molar refractivity (Wildman–Crippen MR) is 81.2 cm³/mol. The van der Waals surface area contributed by atoms with Crippen molar-refractivity contribution in [1.82, 2.24) is 0 Å². The van der Waals surface area contributed by atoms with Crippen molar-refractivity contribution >= 4 is 17.3 Å². The van der Waals surface area contributed by atoms with E-state index in [0.29, 0.717) is 0 Å². The average Bonchev–Trinajstić information content (AvgIpc) is 2.47. The molecule has 1 aromatic rings. The van der Waals surface area contributed by atoms with Crippen LogP contribution in [-0.2, 0) is 9.47 Å². The van der Waals surface area contributed by atoms with Crippen molar-refractivity contribution < 1.29 is 24.0 Å². The van der Waals surface area contributed by atoms with Crippen LogP contribution in [0.1, 0.15) is 48.4 Å². The van der Waals surface area contributed by atoms with Gasteiger partial charge in [-0.15, -0.1) is 0 Å². The van der Waals surface area contributed by atoms with E-state index in [2.05, 4.69) is 0 Å². The molecule has 0 N–H and O–H groups in total. The Labute approximate surface area is 133 Å². The minimum Gasteiger partial charge on any atom is -0.483 e. The summed E-state index contributed by atoms with van der Waals surface area (Å²) in [4.78, 5) is 35.5. The minimum absolute atomic E-state index is 0.0454. The molecule has 0 saturated heterocycles. The maximum Gasteiger partial charge on any atom is 0.270 e. The first-order valence-electron chi connectivity index (χ1n) is 7.17. The number of hydrogen-bond donors (Lipinski definition) is 0. The Kier molecular flexibility index (Phi) is 4.49. The van der Waals surface area contributed by atoms with Gasteiger partial charge in [-0.25, -0.2) is 0 Å². The van der Waals surface area contributed by atoms with Crippen LogP contribution in [0, 0.1) is 10.1 Å². The van der Waals surface area contributed by atoms with E-state index in [-0.39, 0.29) is 40.5 Å². The molecule has 0 fully saturated rings. The van der Waals surface area contributed by atoms with Gasteiger partial charge in [-0.05, 0) is 33.8 Å². The number of hydrogen-bond acceptors (Lipinski definition) is 6. The molecule has 23 heavy (non-hydrogen) atoms. The molecule has 0 saturated carbocycles. The first kappa shape index (κ1) is 16.7. The van der Waals surface area contributed by atoms with Crippen LogP contribution in [0.25, 0.3) is 0 Å². The Morgan fingerprint density at radius 2 is 1.39 bits per heavy atom. The second-order valence-corrected chi connectivity index (χ2v) is 5.64. The van der Waals surface area contributed by atoms with Crippen molar-refractivity contribution in [1.29, 1.82) is 0 Å². The van der Waals surface area contributed by atoms with E-state index < -0.39 is 16.5 Å². The Bertz CT molecular complexity index is 717. The number of benzene rings is 1.